The fourth-order valence-electron chi connectivity index (χ4n) is 3.16. The highest BCUT2D eigenvalue weighted by molar-refractivity contribution is 5.80. The first-order chi connectivity index (χ1) is 11.9. The highest BCUT2D eigenvalue weighted by Gasteiger charge is 2.28. The highest BCUT2D eigenvalue weighted by Crippen LogP contribution is 2.24. The molecule has 136 valence electrons. The Labute approximate surface area is 148 Å². The number of nitrogens with one attached hydrogen (secondary N) is 2. The minimum absolute atomic E-state index is 0.0238. The molecular formula is C20H27FN2O2. The van der Waals surface area contributed by atoms with Gasteiger partial charge in [0.2, 0.25) is 11.8 Å². The lowest BCUT2D eigenvalue weighted by Gasteiger charge is -2.29. The topological polar surface area (TPSA) is 58.2 Å². The lowest BCUT2D eigenvalue weighted by atomic mass is 9.85. The van der Waals surface area contributed by atoms with E-state index < -0.39 is 0 Å². The van der Waals surface area contributed by atoms with Crippen LogP contribution in [0.25, 0.3) is 6.08 Å². The number of benzene rings is 1. The highest BCUT2D eigenvalue weighted by atomic mass is 19.1. The molecule has 2 atom stereocenters. The number of hydrogen-bond donors (Lipinski definition) is 2. The quantitative estimate of drug-likeness (QED) is 0.829. The van der Waals surface area contributed by atoms with Gasteiger partial charge in [-0.15, -0.1) is 0 Å². The van der Waals surface area contributed by atoms with Crippen molar-refractivity contribution in [3.05, 3.63) is 41.7 Å². The SMILES string of the molecule is CC(C)NC(=O)[C@@H]1CCC[C@H](NC(=O)C/C=C/c2cccc(F)c2)C1. The Morgan fingerprint density at radius 2 is 2.12 bits per heavy atom. The molecule has 2 amide bonds. The van der Waals surface area contributed by atoms with Crippen molar-refractivity contribution in [1.82, 2.24) is 10.6 Å². The zero-order valence-electron chi connectivity index (χ0n) is 14.9. The number of carbonyl (C=O) groups excluding carboxylic acids is 2. The first-order valence-corrected chi connectivity index (χ1v) is 8.96. The van der Waals surface area contributed by atoms with Gasteiger partial charge in [0.1, 0.15) is 5.82 Å². The van der Waals surface area contributed by atoms with Crippen molar-refractivity contribution < 1.29 is 14.0 Å². The van der Waals surface area contributed by atoms with Gasteiger partial charge in [-0.25, -0.2) is 4.39 Å². The second kappa shape index (κ2) is 9.35. The summed E-state index contributed by atoms with van der Waals surface area (Å²) in [7, 11) is 0. The van der Waals surface area contributed by atoms with E-state index in [1.54, 1.807) is 24.3 Å². The fourth-order valence-corrected chi connectivity index (χ4v) is 3.16. The molecule has 1 aliphatic rings. The van der Waals surface area contributed by atoms with Crippen LogP contribution in [-0.2, 0) is 9.59 Å². The van der Waals surface area contributed by atoms with Crippen LogP contribution in [0.4, 0.5) is 4.39 Å². The van der Waals surface area contributed by atoms with Crippen molar-refractivity contribution >= 4 is 17.9 Å². The number of halogens is 1. The Hall–Kier alpha value is -2.17. The molecular weight excluding hydrogens is 319 g/mol. The van der Waals surface area contributed by atoms with Gasteiger partial charge in [0, 0.05) is 24.4 Å². The summed E-state index contributed by atoms with van der Waals surface area (Å²) in [4.78, 5) is 24.2. The molecule has 1 fully saturated rings. The van der Waals surface area contributed by atoms with Crippen LogP contribution in [0.15, 0.2) is 30.3 Å². The van der Waals surface area contributed by atoms with E-state index in [2.05, 4.69) is 10.6 Å². The number of rotatable bonds is 6. The molecule has 0 radical (unpaired) electrons. The van der Waals surface area contributed by atoms with Gasteiger partial charge < -0.3 is 10.6 Å². The Morgan fingerprint density at radius 3 is 2.84 bits per heavy atom. The molecule has 0 aromatic heterocycles. The van der Waals surface area contributed by atoms with E-state index in [9.17, 15) is 14.0 Å². The normalized spacial score (nSPS) is 20.6. The van der Waals surface area contributed by atoms with E-state index in [4.69, 9.17) is 0 Å². The van der Waals surface area contributed by atoms with Gasteiger partial charge in [0.25, 0.3) is 0 Å². The Balaban J connectivity index is 1.78. The number of amides is 2. The summed E-state index contributed by atoms with van der Waals surface area (Å²) in [6, 6.07) is 6.42. The van der Waals surface area contributed by atoms with Crippen molar-refractivity contribution in [1.29, 1.82) is 0 Å². The molecule has 25 heavy (non-hydrogen) atoms. The van der Waals surface area contributed by atoms with Crippen LogP contribution in [-0.4, -0.2) is 23.9 Å². The Bertz CT molecular complexity index is 628. The number of hydrogen-bond acceptors (Lipinski definition) is 2. The lowest BCUT2D eigenvalue weighted by molar-refractivity contribution is -0.128. The third kappa shape index (κ3) is 6.69. The van der Waals surface area contributed by atoms with E-state index in [0.717, 1.165) is 24.8 Å². The van der Waals surface area contributed by atoms with Crippen LogP contribution >= 0.6 is 0 Å². The van der Waals surface area contributed by atoms with Crippen molar-refractivity contribution in [2.24, 2.45) is 5.92 Å². The zero-order valence-corrected chi connectivity index (χ0v) is 14.9. The second-order valence-electron chi connectivity index (χ2n) is 6.95. The van der Waals surface area contributed by atoms with Gasteiger partial charge in [0.05, 0.1) is 0 Å². The molecule has 2 rings (SSSR count). The van der Waals surface area contributed by atoms with Crippen LogP contribution in [0.1, 0.15) is 51.5 Å². The molecule has 1 aliphatic carbocycles. The second-order valence-corrected chi connectivity index (χ2v) is 6.95. The minimum Gasteiger partial charge on any atom is -0.354 e. The third-order valence-electron chi connectivity index (χ3n) is 4.30. The van der Waals surface area contributed by atoms with Crippen molar-refractivity contribution in [2.75, 3.05) is 0 Å². The van der Waals surface area contributed by atoms with Gasteiger partial charge in [-0.05, 0) is 50.8 Å². The third-order valence-corrected chi connectivity index (χ3v) is 4.30. The standard InChI is InChI=1S/C20H27FN2O2/c1-14(2)22-20(25)16-8-5-10-18(13-16)23-19(24)11-4-7-15-6-3-9-17(21)12-15/h3-4,6-7,9,12,14,16,18H,5,8,10-11,13H2,1-2H3,(H,22,25)(H,23,24)/b7-4+/t16-,18+/m1/s1. The number of carbonyl (C=O) groups is 2. The summed E-state index contributed by atoms with van der Waals surface area (Å²) in [5.41, 5.74) is 0.732. The van der Waals surface area contributed by atoms with E-state index in [1.807, 2.05) is 13.8 Å². The molecule has 0 aliphatic heterocycles. The summed E-state index contributed by atoms with van der Waals surface area (Å²) in [5.74, 6) is -0.300. The summed E-state index contributed by atoms with van der Waals surface area (Å²) >= 11 is 0. The molecule has 1 aromatic rings. The van der Waals surface area contributed by atoms with E-state index in [-0.39, 0.29) is 42.1 Å². The van der Waals surface area contributed by atoms with Gasteiger partial charge in [-0.1, -0.05) is 30.7 Å². The van der Waals surface area contributed by atoms with E-state index in [1.165, 1.54) is 12.1 Å². The van der Waals surface area contributed by atoms with Gasteiger partial charge in [-0.2, -0.15) is 0 Å². The molecule has 1 saturated carbocycles. The van der Waals surface area contributed by atoms with E-state index in [0.29, 0.717) is 6.42 Å². The zero-order chi connectivity index (χ0) is 18.2. The molecule has 1 aromatic carbocycles. The van der Waals surface area contributed by atoms with E-state index >= 15 is 0 Å². The first kappa shape index (κ1) is 19.2. The lowest BCUT2D eigenvalue weighted by Crippen LogP contribution is -2.43. The molecule has 0 bridgehead atoms. The average molecular weight is 346 g/mol. The average Bonchev–Trinajstić information content (AvgIpc) is 2.54. The van der Waals surface area contributed by atoms with Crippen LogP contribution in [0.3, 0.4) is 0 Å². The first-order valence-electron chi connectivity index (χ1n) is 8.96. The molecule has 0 heterocycles. The largest absolute Gasteiger partial charge is 0.354 e. The summed E-state index contributed by atoms with van der Waals surface area (Å²) in [6.45, 7) is 3.90. The van der Waals surface area contributed by atoms with Crippen molar-refractivity contribution in [3.63, 3.8) is 0 Å². The summed E-state index contributed by atoms with van der Waals surface area (Å²) in [6.07, 6.45) is 7.14. The van der Waals surface area contributed by atoms with Crippen molar-refractivity contribution in [3.8, 4) is 0 Å². The predicted octanol–water partition coefficient (Wildman–Crippen LogP) is 3.43. The van der Waals surface area contributed by atoms with Crippen LogP contribution in [0.2, 0.25) is 0 Å². The molecule has 5 heteroatoms. The Kier molecular flexibility index (Phi) is 7.16. The maximum absolute atomic E-state index is 13.1. The molecule has 0 saturated heterocycles. The molecule has 2 N–H and O–H groups in total. The van der Waals surface area contributed by atoms with Gasteiger partial charge >= 0.3 is 0 Å². The van der Waals surface area contributed by atoms with Crippen LogP contribution in [0, 0.1) is 11.7 Å². The van der Waals surface area contributed by atoms with Gasteiger partial charge in [-0.3, -0.25) is 9.59 Å². The summed E-state index contributed by atoms with van der Waals surface area (Å²) in [5, 5.41) is 5.96. The summed E-state index contributed by atoms with van der Waals surface area (Å²) < 4.78 is 13.1. The van der Waals surface area contributed by atoms with Crippen LogP contribution < -0.4 is 10.6 Å². The molecule has 0 unspecified atom stereocenters. The minimum atomic E-state index is -0.292. The Morgan fingerprint density at radius 1 is 1.32 bits per heavy atom. The predicted molar refractivity (Wildman–Crippen MR) is 97.2 cm³/mol. The maximum atomic E-state index is 13.1. The molecule has 4 nitrogen and oxygen atoms in total. The molecule has 0 spiro atoms. The monoisotopic (exact) mass is 346 g/mol. The van der Waals surface area contributed by atoms with Crippen molar-refractivity contribution in [2.45, 2.75) is 58.0 Å². The van der Waals surface area contributed by atoms with Crippen LogP contribution in [0.5, 0.6) is 0 Å². The maximum Gasteiger partial charge on any atom is 0.224 e. The van der Waals surface area contributed by atoms with Gasteiger partial charge in [0.15, 0.2) is 0 Å². The fraction of sp³-hybridized carbons (Fsp3) is 0.500. The smallest absolute Gasteiger partial charge is 0.224 e.